The minimum absolute atomic E-state index is 0.0554. The number of ether oxygens (including phenoxy) is 1. The summed E-state index contributed by atoms with van der Waals surface area (Å²) in [6.07, 6.45) is -0.881. The topological polar surface area (TPSA) is 103 Å². The van der Waals surface area contributed by atoms with Gasteiger partial charge >= 0.3 is 5.69 Å². The molecule has 0 spiro atoms. The highest BCUT2D eigenvalue weighted by molar-refractivity contribution is 5.74. The lowest BCUT2D eigenvalue weighted by atomic mass is 10.1. The number of aryl methyl sites for hydroxylation is 3. The summed E-state index contributed by atoms with van der Waals surface area (Å²) in [6, 6.07) is 5.75. The fourth-order valence-corrected chi connectivity index (χ4v) is 3.18. The van der Waals surface area contributed by atoms with Gasteiger partial charge in [0, 0.05) is 20.6 Å². The van der Waals surface area contributed by atoms with E-state index < -0.39 is 17.4 Å². The van der Waals surface area contributed by atoms with E-state index in [9.17, 15) is 14.7 Å². The van der Waals surface area contributed by atoms with Crippen LogP contribution >= 0.6 is 0 Å². The maximum atomic E-state index is 12.7. The van der Waals surface area contributed by atoms with Gasteiger partial charge in [0.25, 0.3) is 5.56 Å². The predicted octanol–water partition coefficient (Wildman–Crippen LogP) is 0.922. The Labute approximate surface area is 168 Å². The number of aromatic nitrogens is 4. The molecule has 0 saturated heterocycles. The normalized spacial score (nSPS) is 12.3. The first-order valence-corrected chi connectivity index (χ1v) is 9.52. The van der Waals surface area contributed by atoms with Crippen molar-refractivity contribution in [2.24, 2.45) is 14.1 Å². The molecule has 0 fully saturated rings. The summed E-state index contributed by atoms with van der Waals surface area (Å²) in [4.78, 5) is 29.3. The van der Waals surface area contributed by atoms with Crippen LogP contribution in [0.4, 0.5) is 5.95 Å². The smallest absolute Gasteiger partial charge is 0.332 e. The summed E-state index contributed by atoms with van der Waals surface area (Å²) in [5.41, 5.74) is 1.90. The molecule has 0 aliphatic heterocycles. The van der Waals surface area contributed by atoms with Gasteiger partial charge in [-0.3, -0.25) is 13.9 Å². The molecule has 1 atom stereocenters. The molecule has 9 heteroatoms. The Morgan fingerprint density at radius 1 is 1.17 bits per heavy atom. The van der Waals surface area contributed by atoms with Crippen molar-refractivity contribution in [2.75, 3.05) is 18.5 Å². The number of hydrogen-bond acceptors (Lipinski definition) is 6. The molecule has 0 unspecified atom stereocenters. The number of nitrogens with one attached hydrogen (secondary N) is 1. The first-order chi connectivity index (χ1) is 13.7. The Morgan fingerprint density at radius 3 is 2.55 bits per heavy atom. The Kier molecular flexibility index (Phi) is 5.78. The summed E-state index contributed by atoms with van der Waals surface area (Å²) in [5, 5.41) is 13.7. The van der Waals surface area contributed by atoms with E-state index in [1.165, 1.54) is 17.2 Å². The average molecular weight is 401 g/mol. The molecule has 29 heavy (non-hydrogen) atoms. The Morgan fingerprint density at radius 2 is 1.90 bits per heavy atom. The second kappa shape index (κ2) is 8.12. The van der Waals surface area contributed by atoms with Crippen LogP contribution in [0.25, 0.3) is 11.2 Å². The number of hydrogen-bond donors (Lipinski definition) is 2. The van der Waals surface area contributed by atoms with Gasteiger partial charge in [-0.15, -0.1) is 0 Å². The van der Waals surface area contributed by atoms with Gasteiger partial charge in [-0.05, 0) is 44.0 Å². The third kappa shape index (κ3) is 3.91. The molecule has 2 N–H and O–H groups in total. The van der Waals surface area contributed by atoms with Gasteiger partial charge in [-0.25, -0.2) is 4.79 Å². The average Bonchev–Trinajstić information content (AvgIpc) is 3.04. The molecular formula is C20H27N5O4. The maximum Gasteiger partial charge on any atom is 0.332 e. The van der Waals surface area contributed by atoms with Crippen molar-refractivity contribution < 1.29 is 9.84 Å². The van der Waals surface area contributed by atoms with Crippen molar-refractivity contribution in [3.05, 3.63) is 50.2 Å². The summed E-state index contributed by atoms with van der Waals surface area (Å²) in [7, 11) is 2.99. The SMILES string of the molecule is CCNc1nc2c(c(=O)n(C)c(=O)n2C)n1C[C@H](O)COc1ccc(C)c(C)c1. The van der Waals surface area contributed by atoms with Gasteiger partial charge in [0.15, 0.2) is 11.2 Å². The highest BCUT2D eigenvalue weighted by atomic mass is 16.5. The van der Waals surface area contributed by atoms with Gasteiger partial charge in [0.1, 0.15) is 18.5 Å². The second-order valence-electron chi connectivity index (χ2n) is 7.17. The Balaban J connectivity index is 1.91. The maximum absolute atomic E-state index is 12.7. The van der Waals surface area contributed by atoms with Crippen LogP contribution in [0, 0.1) is 13.8 Å². The van der Waals surface area contributed by atoms with E-state index in [4.69, 9.17) is 4.74 Å². The van der Waals surface area contributed by atoms with Crippen molar-refractivity contribution >= 4 is 17.1 Å². The molecule has 2 heterocycles. The van der Waals surface area contributed by atoms with Crippen molar-refractivity contribution in [3.63, 3.8) is 0 Å². The first-order valence-electron chi connectivity index (χ1n) is 9.52. The van der Waals surface area contributed by atoms with Crippen molar-refractivity contribution in [2.45, 2.75) is 33.4 Å². The van der Waals surface area contributed by atoms with Gasteiger partial charge in [-0.1, -0.05) is 6.07 Å². The quantitative estimate of drug-likeness (QED) is 0.610. The summed E-state index contributed by atoms with van der Waals surface area (Å²) in [5.74, 6) is 1.10. The molecule has 3 rings (SSSR count). The van der Waals surface area contributed by atoms with Crippen LogP contribution in [0.15, 0.2) is 27.8 Å². The van der Waals surface area contributed by atoms with Crippen molar-refractivity contribution in [3.8, 4) is 5.75 Å². The summed E-state index contributed by atoms with van der Waals surface area (Å²) in [6.45, 7) is 6.65. The standard InChI is InChI=1S/C20H27N5O4/c1-6-21-19-22-17-16(18(27)24(5)20(28)23(17)4)25(19)10-14(26)11-29-15-8-7-12(2)13(3)9-15/h7-9,14,26H,6,10-11H2,1-5H3,(H,21,22)/t14-/m0/s1. The highest BCUT2D eigenvalue weighted by Crippen LogP contribution is 2.18. The lowest BCUT2D eigenvalue weighted by Gasteiger charge is -2.16. The van der Waals surface area contributed by atoms with Crippen molar-refractivity contribution in [1.29, 1.82) is 0 Å². The van der Waals surface area contributed by atoms with Crippen LogP contribution in [-0.2, 0) is 20.6 Å². The summed E-state index contributed by atoms with van der Waals surface area (Å²) < 4.78 is 9.69. The van der Waals surface area contributed by atoms with E-state index in [0.717, 1.165) is 10.1 Å². The molecule has 156 valence electrons. The molecule has 0 saturated carbocycles. The molecule has 9 nitrogen and oxygen atoms in total. The van der Waals surface area contributed by atoms with Gasteiger partial charge in [-0.2, -0.15) is 4.98 Å². The van der Waals surface area contributed by atoms with Crippen LogP contribution in [-0.4, -0.2) is 43.0 Å². The molecular weight excluding hydrogens is 374 g/mol. The Hall–Kier alpha value is -3.07. The predicted molar refractivity (Wildman–Crippen MR) is 112 cm³/mol. The van der Waals surface area contributed by atoms with E-state index in [-0.39, 0.29) is 24.3 Å². The molecule has 2 aromatic heterocycles. The molecule has 0 aliphatic carbocycles. The zero-order valence-corrected chi connectivity index (χ0v) is 17.4. The first kappa shape index (κ1) is 20.7. The fourth-order valence-electron chi connectivity index (χ4n) is 3.18. The van der Waals surface area contributed by atoms with Crippen LogP contribution in [0.1, 0.15) is 18.1 Å². The number of anilines is 1. The highest BCUT2D eigenvalue weighted by Gasteiger charge is 2.21. The third-order valence-corrected chi connectivity index (χ3v) is 5.00. The van der Waals surface area contributed by atoms with Gasteiger partial charge in [0.2, 0.25) is 5.95 Å². The second-order valence-corrected chi connectivity index (χ2v) is 7.17. The van der Waals surface area contributed by atoms with E-state index >= 15 is 0 Å². The van der Waals surface area contributed by atoms with Crippen LogP contribution < -0.4 is 21.3 Å². The Bertz CT molecular complexity index is 1160. The van der Waals surface area contributed by atoms with Crippen LogP contribution in [0.2, 0.25) is 0 Å². The van der Waals surface area contributed by atoms with Crippen molar-refractivity contribution in [1.82, 2.24) is 18.7 Å². The van der Waals surface area contributed by atoms with E-state index in [0.29, 0.717) is 18.2 Å². The number of aliphatic hydroxyl groups excluding tert-OH is 1. The lowest BCUT2D eigenvalue weighted by Crippen LogP contribution is -2.38. The fraction of sp³-hybridized carbons (Fsp3) is 0.450. The molecule has 1 aromatic carbocycles. The molecule has 0 radical (unpaired) electrons. The van der Waals surface area contributed by atoms with E-state index in [1.807, 2.05) is 39.0 Å². The number of imidazole rings is 1. The van der Waals surface area contributed by atoms with Gasteiger partial charge in [0.05, 0.1) is 6.54 Å². The van der Waals surface area contributed by atoms with Crippen LogP contribution in [0.5, 0.6) is 5.75 Å². The number of benzene rings is 1. The largest absolute Gasteiger partial charge is 0.491 e. The third-order valence-electron chi connectivity index (χ3n) is 5.00. The molecule has 0 aliphatic rings. The van der Waals surface area contributed by atoms with Gasteiger partial charge < -0.3 is 19.7 Å². The molecule has 3 aromatic rings. The minimum Gasteiger partial charge on any atom is -0.491 e. The minimum atomic E-state index is -0.881. The number of aliphatic hydroxyl groups is 1. The van der Waals surface area contributed by atoms with E-state index in [1.54, 1.807) is 11.6 Å². The van der Waals surface area contributed by atoms with E-state index in [2.05, 4.69) is 10.3 Å². The number of rotatable bonds is 7. The van der Waals surface area contributed by atoms with Crippen LogP contribution in [0.3, 0.4) is 0 Å². The zero-order chi connectivity index (χ0) is 21.3. The zero-order valence-electron chi connectivity index (χ0n) is 17.4. The summed E-state index contributed by atoms with van der Waals surface area (Å²) >= 11 is 0. The number of fused-ring (bicyclic) bond motifs is 1. The molecule has 0 amide bonds. The monoisotopic (exact) mass is 401 g/mol. The number of nitrogens with zero attached hydrogens (tertiary/aromatic N) is 4. The molecule has 0 bridgehead atoms. The lowest BCUT2D eigenvalue weighted by molar-refractivity contribution is 0.0938.